The molecule has 1 saturated heterocycles. The molecule has 22 heavy (non-hydrogen) atoms. The highest BCUT2D eigenvalue weighted by Gasteiger charge is 2.35. The van der Waals surface area contributed by atoms with Gasteiger partial charge >= 0.3 is 7.48 Å². The fourth-order valence-electron chi connectivity index (χ4n) is 2.09. The van der Waals surface area contributed by atoms with Crippen LogP contribution in [0.2, 0.25) is 0 Å². The molecule has 2 rings (SSSR count). The molecule has 0 bridgehead atoms. The third kappa shape index (κ3) is 4.11. The van der Waals surface area contributed by atoms with Gasteiger partial charge in [0.05, 0.1) is 11.2 Å². The van der Waals surface area contributed by atoms with E-state index in [9.17, 15) is 9.90 Å². The second-order valence-corrected chi connectivity index (χ2v) is 6.86. The molecular formula is C15H25BN3O3. The van der Waals surface area contributed by atoms with Gasteiger partial charge in [0.1, 0.15) is 6.54 Å². The molecule has 121 valence electrons. The van der Waals surface area contributed by atoms with Crippen molar-refractivity contribution in [2.24, 2.45) is 0 Å². The lowest BCUT2D eigenvalue weighted by molar-refractivity contribution is -0.130. The number of hydrogen-bond donors (Lipinski definition) is 1. The summed E-state index contributed by atoms with van der Waals surface area (Å²) < 4.78 is 7.29. The van der Waals surface area contributed by atoms with Gasteiger partial charge in [0.2, 0.25) is 5.91 Å². The van der Waals surface area contributed by atoms with Crippen molar-refractivity contribution >= 4 is 18.9 Å². The molecule has 0 atom stereocenters. The number of carbonyl (C=O) groups excluding carboxylic acids is 1. The van der Waals surface area contributed by atoms with Gasteiger partial charge in [-0.2, -0.15) is 5.10 Å². The van der Waals surface area contributed by atoms with E-state index in [0.717, 1.165) is 31.4 Å². The average molecular weight is 306 g/mol. The SMILES string of the molecule is CC(C)(O)C(C)(C)O[B]c1cnn(CC(=O)N2CCCC2)c1. The summed E-state index contributed by atoms with van der Waals surface area (Å²) in [5, 5.41) is 14.2. The molecular weight excluding hydrogens is 281 g/mol. The molecule has 6 nitrogen and oxygen atoms in total. The lowest BCUT2D eigenvalue weighted by Crippen LogP contribution is -2.49. The Morgan fingerprint density at radius 3 is 2.59 bits per heavy atom. The van der Waals surface area contributed by atoms with Gasteiger partial charge in [-0.15, -0.1) is 0 Å². The predicted octanol–water partition coefficient (Wildman–Crippen LogP) is 0.316. The van der Waals surface area contributed by atoms with Crippen LogP contribution >= 0.6 is 0 Å². The molecule has 1 N–H and O–H groups in total. The second-order valence-electron chi connectivity index (χ2n) is 6.86. The molecule has 1 aromatic heterocycles. The van der Waals surface area contributed by atoms with Crippen LogP contribution in [0.5, 0.6) is 0 Å². The molecule has 7 heteroatoms. The van der Waals surface area contributed by atoms with Crippen molar-refractivity contribution in [3.8, 4) is 0 Å². The molecule has 1 aliphatic rings. The molecule has 2 heterocycles. The van der Waals surface area contributed by atoms with E-state index in [-0.39, 0.29) is 12.5 Å². The van der Waals surface area contributed by atoms with Crippen molar-refractivity contribution < 1.29 is 14.6 Å². The summed E-state index contributed by atoms with van der Waals surface area (Å²) in [5.74, 6) is 0.102. The average Bonchev–Trinajstić information content (AvgIpc) is 3.06. The van der Waals surface area contributed by atoms with Gasteiger partial charge in [0.15, 0.2) is 0 Å². The zero-order valence-electron chi connectivity index (χ0n) is 13.9. The normalized spacial score (nSPS) is 16.1. The first-order valence-electron chi connectivity index (χ1n) is 7.73. The van der Waals surface area contributed by atoms with Crippen LogP contribution < -0.4 is 5.46 Å². The number of carbonyl (C=O) groups is 1. The molecule has 0 unspecified atom stereocenters. The second kappa shape index (κ2) is 6.42. The van der Waals surface area contributed by atoms with Crippen molar-refractivity contribution in [1.29, 1.82) is 0 Å². The first-order valence-corrected chi connectivity index (χ1v) is 7.73. The molecule has 0 aliphatic carbocycles. The highest BCUT2D eigenvalue weighted by atomic mass is 16.5. The largest absolute Gasteiger partial charge is 0.427 e. The highest BCUT2D eigenvalue weighted by Crippen LogP contribution is 2.24. The van der Waals surface area contributed by atoms with Crippen LogP contribution in [-0.2, 0) is 16.0 Å². The van der Waals surface area contributed by atoms with E-state index >= 15 is 0 Å². The Kier molecular flexibility index (Phi) is 4.97. The van der Waals surface area contributed by atoms with E-state index < -0.39 is 11.2 Å². The van der Waals surface area contributed by atoms with Gasteiger partial charge in [-0.3, -0.25) is 9.48 Å². The van der Waals surface area contributed by atoms with Gasteiger partial charge in [0, 0.05) is 25.5 Å². The number of aliphatic hydroxyl groups is 1. The monoisotopic (exact) mass is 306 g/mol. The molecule has 1 fully saturated rings. The molecule has 1 amide bonds. The highest BCUT2D eigenvalue weighted by molar-refractivity contribution is 6.46. The van der Waals surface area contributed by atoms with E-state index in [4.69, 9.17) is 4.65 Å². The Morgan fingerprint density at radius 1 is 1.36 bits per heavy atom. The number of likely N-dealkylation sites (tertiary alicyclic amines) is 1. The van der Waals surface area contributed by atoms with Crippen LogP contribution in [0.25, 0.3) is 0 Å². The summed E-state index contributed by atoms with van der Waals surface area (Å²) in [7, 11) is 1.57. The van der Waals surface area contributed by atoms with Crippen LogP contribution in [0.15, 0.2) is 12.4 Å². The summed E-state index contributed by atoms with van der Waals surface area (Å²) in [4.78, 5) is 13.9. The molecule has 1 aliphatic heterocycles. The van der Waals surface area contributed by atoms with Crippen molar-refractivity contribution in [3.63, 3.8) is 0 Å². The van der Waals surface area contributed by atoms with Gasteiger partial charge < -0.3 is 14.7 Å². The lowest BCUT2D eigenvalue weighted by Gasteiger charge is -2.37. The number of rotatable bonds is 6. The van der Waals surface area contributed by atoms with E-state index in [1.165, 1.54) is 0 Å². The standard InChI is InChI=1S/C15H25BN3O3/c1-14(2,21)15(3,4)22-16-12-9-17-19(10-12)11-13(20)18-7-5-6-8-18/h9-10,21H,5-8,11H2,1-4H3. The Balaban J connectivity index is 1.87. The maximum absolute atomic E-state index is 12.1. The minimum Gasteiger partial charge on any atom is -0.427 e. The van der Waals surface area contributed by atoms with Crippen LogP contribution in [0.4, 0.5) is 0 Å². The first-order chi connectivity index (χ1) is 10.2. The smallest absolute Gasteiger partial charge is 0.334 e. The van der Waals surface area contributed by atoms with Crippen molar-refractivity contribution in [2.45, 2.75) is 58.3 Å². The van der Waals surface area contributed by atoms with Gasteiger partial charge in [-0.1, -0.05) is 0 Å². The molecule has 0 aromatic carbocycles. The van der Waals surface area contributed by atoms with Crippen molar-refractivity contribution in [3.05, 3.63) is 12.4 Å². The number of aromatic nitrogens is 2. The Bertz CT molecular complexity index is 516. The minimum atomic E-state index is -0.967. The number of nitrogens with zero attached hydrogens (tertiary/aromatic N) is 3. The summed E-state index contributed by atoms with van der Waals surface area (Å²) in [6.45, 7) is 9.01. The first kappa shape index (κ1) is 17.0. The summed E-state index contributed by atoms with van der Waals surface area (Å²) in [6.07, 6.45) is 5.60. The number of amides is 1. The molecule has 0 spiro atoms. The molecule has 1 radical (unpaired) electrons. The maximum Gasteiger partial charge on any atom is 0.334 e. The zero-order chi connectivity index (χ0) is 16.4. The minimum absolute atomic E-state index is 0.102. The predicted molar refractivity (Wildman–Crippen MR) is 84.9 cm³/mol. The van der Waals surface area contributed by atoms with E-state index in [0.29, 0.717) is 0 Å². The molecule has 1 aromatic rings. The Morgan fingerprint density at radius 2 is 2.00 bits per heavy atom. The lowest BCUT2D eigenvalue weighted by atomic mass is 9.84. The summed E-state index contributed by atoms with van der Waals surface area (Å²) in [6, 6.07) is 0. The van der Waals surface area contributed by atoms with Crippen LogP contribution in [-0.4, -0.2) is 57.5 Å². The fraction of sp³-hybridized carbons (Fsp3) is 0.733. The number of hydrogen-bond acceptors (Lipinski definition) is 4. The van der Waals surface area contributed by atoms with Gasteiger partial charge in [-0.25, -0.2) is 0 Å². The van der Waals surface area contributed by atoms with Crippen molar-refractivity contribution in [1.82, 2.24) is 14.7 Å². The third-order valence-electron chi connectivity index (χ3n) is 4.37. The van der Waals surface area contributed by atoms with Gasteiger partial charge in [-0.05, 0) is 46.0 Å². The third-order valence-corrected chi connectivity index (χ3v) is 4.37. The summed E-state index contributed by atoms with van der Waals surface area (Å²) >= 11 is 0. The van der Waals surface area contributed by atoms with Crippen LogP contribution in [0, 0.1) is 0 Å². The quantitative estimate of drug-likeness (QED) is 0.769. The van der Waals surface area contributed by atoms with Crippen molar-refractivity contribution in [2.75, 3.05) is 13.1 Å². The maximum atomic E-state index is 12.1. The van der Waals surface area contributed by atoms with E-state index in [2.05, 4.69) is 5.10 Å². The summed E-state index contributed by atoms with van der Waals surface area (Å²) in [5.41, 5.74) is -0.919. The van der Waals surface area contributed by atoms with E-state index in [1.807, 2.05) is 18.7 Å². The molecule has 0 saturated carbocycles. The van der Waals surface area contributed by atoms with Gasteiger partial charge in [0.25, 0.3) is 0 Å². The topological polar surface area (TPSA) is 67.6 Å². The fourth-order valence-corrected chi connectivity index (χ4v) is 2.09. The zero-order valence-corrected chi connectivity index (χ0v) is 13.9. The Hall–Kier alpha value is -1.34. The van der Waals surface area contributed by atoms with Crippen LogP contribution in [0.3, 0.4) is 0 Å². The Labute approximate surface area is 132 Å². The van der Waals surface area contributed by atoms with Crippen LogP contribution in [0.1, 0.15) is 40.5 Å². The van der Waals surface area contributed by atoms with E-state index in [1.54, 1.807) is 38.4 Å².